The van der Waals surface area contributed by atoms with Gasteiger partial charge in [0.05, 0.1) is 24.3 Å². The van der Waals surface area contributed by atoms with E-state index < -0.39 is 0 Å². The third-order valence-corrected chi connectivity index (χ3v) is 4.21. The Morgan fingerprint density at radius 3 is 2.83 bits per heavy atom. The molecule has 7 nitrogen and oxygen atoms in total. The number of carbonyl (C=O) groups excluding carboxylic acids is 2. The maximum absolute atomic E-state index is 12.2. The van der Waals surface area contributed by atoms with E-state index in [0.717, 1.165) is 11.3 Å². The Bertz CT molecular complexity index is 747. The summed E-state index contributed by atoms with van der Waals surface area (Å²) in [5.74, 6) is 0.718. The second kappa shape index (κ2) is 6.37. The van der Waals surface area contributed by atoms with E-state index in [2.05, 4.69) is 4.98 Å². The fourth-order valence-corrected chi connectivity index (χ4v) is 2.85. The topological polar surface area (TPSA) is 84.7 Å². The Morgan fingerprint density at radius 2 is 2.13 bits per heavy atom. The third kappa shape index (κ3) is 2.92. The summed E-state index contributed by atoms with van der Waals surface area (Å²) in [6.07, 6.45) is 1.45. The van der Waals surface area contributed by atoms with Crippen molar-refractivity contribution in [3.8, 4) is 5.75 Å². The number of amides is 1. The highest BCUT2D eigenvalue weighted by Gasteiger charge is 2.19. The zero-order valence-corrected chi connectivity index (χ0v) is 13.0. The predicted octanol–water partition coefficient (Wildman–Crippen LogP) is 0.883. The van der Waals surface area contributed by atoms with Crippen LogP contribution in [0.1, 0.15) is 22.6 Å². The minimum Gasteiger partial charge on any atom is -0.507 e. The van der Waals surface area contributed by atoms with E-state index in [1.54, 1.807) is 11.0 Å². The average molecular weight is 317 g/mol. The first-order valence-corrected chi connectivity index (χ1v) is 7.59. The first-order valence-electron chi connectivity index (χ1n) is 7.59. The number of ether oxygens (including phenoxy) is 1. The molecular weight excluding hydrogens is 298 g/mol. The molecule has 0 unspecified atom stereocenters. The minimum atomic E-state index is -0.0819. The summed E-state index contributed by atoms with van der Waals surface area (Å²) >= 11 is 0. The van der Waals surface area contributed by atoms with E-state index in [9.17, 15) is 14.7 Å². The maximum atomic E-state index is 12.2. The lowest BCUT2D eigenvalue weighted by molar-refractivity contribution is -0.135. The van der Waals surface area contributed by atoms with Gasteiger partial charge in [0.25, 0.3) is 0 Å². The smallest absolute Gasteiger partial charge is 0.223 e. The normalized spacial score (nSPS) is 15.1. The van der Waals surface area contributed by atoms with Crippen LogP contribution in [-0.2, 0) is 23.0 Å². The number of imidazole rings is 1. The van der Waals surface area contributed by atoms with E-state index in [4.69, 9.17) is 4.74 Å². The van der Waals surface area contributed by atoms with Crippen LogP contribution in [0.5, 0.6) is 5.75 Å². The highest BCUT2D eigenvalue weighted by atomic mass is 16.5. The van der Waals surface area contributed by atoms with Gasteiger partial charge in [0.2, 0.25) is 5.91 Å². The SMILES string of the molecule is Cn1c(CCC(=O)N2CCOCC2)nc2c(C=O)c(O)ccc21. The summed E-state index contributed by atoms with van der Waals surface area (Å²) in [6, 6.07) is 3.20. The third-order valence-electron chi connectivity index (χ3n) is 4.21. The molecule has 1 aromatic carbocycles. The molecule has 1 fully saturated rings. The number of phenols is 1. The van der Waals surface area contributed by atoms with Crippen molar-refractivity contribution in [2.45, 2.75) is 12.8 Å². The minimum absolute atomic E-state index is 0.0819. The number of hydrogen-bond donors (Lipinski definition) is 1. The van der Waals surface area contributed by atoms with E-state index in [-0.39, 0.29) is 17.2 Å². The van der Waals surface area contributed by atoms with E-state index in [0.29, 0.717) is 50.9 Å². The number of carbonyl (C=O) groups is 2. The number of morpholine rings is 1. The zero-order valence-electron chi connectivity index (χ0n) is 13.0. The van der Waals surface area contributed by atoms with Crippen molar-refractivity contribution in [1.29, 1.82) is 0 Å². The summed E-state index contributed by atoms with van der Waals surface area (Å²) in [6.45, 7) is 2.43. The Hall–Kier alpha value is -2.41. The van der Waals surface area contributed by atoms with Gasteiger partial charge < -0.3 is 19.3 Å². The maximum Gasteiger partial charge on any atom is 0.223 e. The van der Waals surface area contributed by atoms with Crippen LogP contribution in [0.3, 0.4) is 0 Å². The Morgan fingerprint density at radius 1 is 1.39 bits per heavy atom. The number of rotatable bonds is 4. The van der Waals surface area contributed by atoms with Gasteiger partial charge in [0, 0.05) is 33.0 Å². The number of fused-ring (bicyclic) bond motifs is 1. The van der Waals surface area contributed by atoms with Gasteiger partial charge in [-0.05, 0) is 12.1 Å². The molecule has 0 aliphatic carbocycles. The van der Waals surface area contributed by atoms with Crippen LogP contribution in [0.25, 0.3) is 11.0 Å². The number of aldehydes is 1. The zero-order chi connectivity index (χ0) is 16.4. The number of phenolic OH excluding ortho intramolecular Hbond substituents is 1. The number of aromatic hydroxyl groups is 1. The van der Waals surface area contributed by atoms with Gasteiger partial charge in [-0.25, -0.2) is 4.98 Å². The van der Waals surface area contributed by atoms with Gasteiger partial charge in [0.15, 0.2) is 6.29 Å². The van der Waals surface area contributed by atoms with Crippen LogP contribution >= 0.6 is 0 Å². The highest BCUT2D eigenvalue weighted by molar-refractivity contribution is 5.97. The molecule has 3 rings (SSSR count). The molecule has 0 spiro atoms. The van der Waals surface area contributed by atoms with Crippen molar-refractivity contribution >= 4 is 23.2 Å². The molecule has 2 heterocycles. The predicted molar refractivity (Wildman–Crippen MR) is 83.5 cm³/mol. The van der Waals surface area contributed by atoms with Crippen molar-refractivity contribution in [3.63, 3.8) is 0 Å². The van der Waals surface area contributed by atoms with Crippen LogP contribution in [-0.4, -0.2) is 58.1 Å². The molecule has 1 aromatic heterocycles. The molecule has 1 aliphatic heterocycles. The Kier molecular flexibility index (Phi) is 4.29. The molecular formula is C16H19N3O4. The number of nitrogens with zero attached hydrogens (tertiary/aromatic N) is 3. The summed E-state index contributed by atoms with van der Waals surface area (Å²) in [7, 11) is 1.84. The van der Waals surface area contributed by atoms with Gasteiger partial charge >= 0.3 is 0 Å². The molecule has 0 radical (unpaired) electrons. The van der Waals surface area contributed by atoms with Crippen molar-refractivity contribution in [2.75, 3.05) is 26.3 Å². The molecule has 1 N–H and O–H groups in total. The average Bonchev–Trinajstić information content (AvgIpc) is 2.89. The van der Waals surface area contributed by atoms with E-state index in [1.165, 1.54) is 6.07 Å². The van der Waals surface area contributed by atoms with Gasteiger partial charge in [-0.3, -0.25) is 9.59 Å². The Labute approximate surface area is 133 Å². The van der Waals surface area contributed by atoms with E-state index >= 15 is 0 Å². The Balaban J connectivity index is 1.79. The lowest BCUT2D eigenvalue weighted by Crippen LogP contribution is -2.40. The number of aryl methyl sites for hydroxylation is 2. The standard InChI is InChI=1S/C16H19N3O4/c1-18-12-2-3-13(21)11(10-20)16(12)17-14(18)4-5-15(22)19-6-8-23-9-7-19/h2-3,10,21H,4-9H2,1H3. The van der Waals surface area contributed by atoms with Crippen LogP contribution in [0.2, 0.25) is 0 Å². The fourth-order valence-electron chi connectivity index (χ4n) is 2.85. The lowest BCUT2D eigenvalue weighted by Gasteiger charge is -2.26. The second-order valence-corrected chi connectivity index (χ2v) is 5.56. The quantitative estimate of drug-likeness (QED) is 0.846. The van der Waals surface area contributed by atoms with Crippen molar-refractivity contribution in [3.05, 3.63) is 23.5 Å². The summed E-state index contributed by atoms with van der Waals surface area (Å²) < 4.78 is 7.10. The summed E-state index contributed by atoms with van der Waals surface area (Å²) in [4.78, 5) is 29.6. The fraction of sp³-hybridized carbons (Fsp3) is 0.438. The van der Waals surface area contributed by atoms with Gasteiger partial charge in [0.1, 0.15) is 17.1 Å². The number of aromatic nitrogens is 2. The van der Waals surface area contributed by atoms with Crippen molar-refractivity contribution < 1.29 is 19.4 Å². The molecule has 1 saturated heterocycles. The van der Waals surface area contributed by atoms with Gasteiger partial charge in [-0.2, -0.15) is 0 Å². The summed E-state index contributed by atoms with van der Waals surface area (Å²) in [5.41, 5.74) is 1.42. The number of hydrogen-bond acceptors (Lipinski definition) is 5. The molecule has 7 heteroatoms. The first-order chi connectivity index (χ1) is 11.1. The van der Waals surface area contributed by atoms with Gasteiger partial charge in [-0.1, -0.05) is 0 Å². The van der Waals surface area contributed by atoms with Crippen LogP contribution < -0.4 is 0 Å². The first kappa shape index (κ1) is 15.5. The molecule has 1 amide bonds. The highest BCUT2D eigenvalue weighted by Crippen LogP contribution is 2.26. The molecule has 122 valence electrons. The monoisotopic (exact) mass is 317 g/mol. The molecule has 2 aromatic rings. The van der Waals surface area contributed by atoms with Crippen LogP contribution in [0.15, 0.2) is 12.1 Å². The van der Waals surface area contributed by atoms with Crippen LogP contribution in [0.4, 0.5) is 0 Å². The lowest BCUT2D eigenvalue weighted by atomic mass is 10.2. The van der Waals surface area contributed by atoms with E-state index in [1.807, 2.05) is 11.6 Å². The number of benzene rings is 1. The largest absolute Gasteiger partial charge is 0.507 e. The second-order valence-electron chi connectivity index (χ2n) is 5.56. The van der Waals surface area contributed by atoms with Crippen LogP contribution in [0, 0.1) is 0 Å². The molecule has 1 aliphatic rings. The summed E-state index contributed by atoms with van der Waals surface area (Å²) in [5, 5.41) is 9.74. The molecule has 0 atom stereocenters. The van der Waals surface area contributed by atoms with Crippen molar-refractivity contribution in [2.24, 2.45) is 7.05 Å². The molecule has 23 heavy (non-hydrogen) atoms. The molecule has 0 saturated carbocycles. The van der Waals surface area contributed by atoms with Crippen molar-refractivity contribution in [1.82, 2.24) is 14.5 Å². The van der Waals surface area contributed by atoms with Gasteiger partial charge in [-0.15, -0.1) is 0 Å². The molecule has 0 bridgehead atoms.